The molecule has 1 fully saturated rings. The van der Waals surface area contributed by atoms with Crippen LogP contribution in [-0.2, 0) is 0 Å². The molecule has 0 radical (unpaired) electrons. The zero-order valence-corrected chi connectivity index (χ0v) is 10.1. The summed E-state index contributed by atoms with van der Waals surface area (Å²) in [5.74, 6) is 1.58. The first-order valence-electron chi connectivity index (χ1n) is 5.22. The summed E-state index contributed by atoms with van der Waals surface area (Å²) in [6, 6.07) is 1.92. The summed E-state index contributed by atoms with van der Waals surface area (Å²) in [6.45, 7) is 7.47. The maximum absolute atomic E-state index is 5.77. The molecule has 0 amide bonds. The van der Waals surface area contributed by atoms with Crippen molar-refractivity contribution >= 4 is 17.4 Å². The van der Waals surface area contributed by atoms with Gasteiger partial charge in [-0.25, -0.2) is 9.97 Å². The van der Waals surface area contributed by atoms with E-state index in [0.29, 0.717) is 10.7 Å². The molecule has 3 nitrogen and oxygen atoms in total. The van der Waals surface area contributed by atoms with E-state index in [4.69, 9.17) is 11.6 Å². The highest BCUT2D eigenvalue weighted by atomic mass is 35.5. The molecule has 0 aromatic carbocycles. The molecular weight excluding hydrogens is 210 g/mol. The van der Waals surface area contributed by atoms with Crippen molar-refractivity contribution < 1.29 is 0 Å². The lowest BCUT2D eigenvalue weighted by Gasteiger charge is -2.07. The van der Waals surface area contributed by atoms with Gasteiger partial charge in [0.05, 0.1) is 0 Å². The number of halogens is 1. The third kappa shape index (κ3) is 2.59. The highest BCUT2D eigenvalue weighted by Gasteiger charge is 2.44. The average molecular weight is 226 g/mol. The van der Waals surface area contributed by atoms with Crippen LogP contribution in [0.1, 0.15) is 26.0 Å². The van der Waals surface area contributed by atoms with E-state index in [1.54, 1.807) is 0 Å². The third-order valence-corrected chi connectivity index (χ3v) is 3.24. The quantitative estimate of drug-likeness (QED) is 0.804. The van der Waals surface area contributed by atoms with E-state index in [-0.39, 0.29) is 0 Å². The van der Waals surface area contributed by atoms with Gasteiger partial charge in [0.1, 0.15) is 5.82 Å². The van der Waals surface area contributed by atoms with Gasteiger partial charge in [-0.05, 0) is 36.3 Å². The van der Waals surface area contributed by atoms with Crippen LogP contribution in [-0.4, -0.2) is 16.5 Å². The molecule has 1 aromatic heterocycles. The Kier molecular flexibility index (Phi) is 2.59. The molecular formula is C11H16ClN3. The van der Waals surface area contributed by atoms with E-state index in [1.807, 2.05) is 13.0 Å². The van der Waals surface area contributed by atoms with Gasteiger partial charge < -0.3 is 5.32 Å². The zero-order chi connectivity index (χ0) is 11.1. The maximum Gasteiger partial charge on any atom is 0.224 e. The molecule has 15 heavy (non-hydrogen) atoms. The molecule has 1 aliphatic rings. The third-order valence-electron chi connectivity index (χ3n) is 3.07. The zero-order valence-electron chi connectivity index (χ0n) is 9.34. The lowest BCUT2D eigenvalue weighted by atomic mass is 10.1. The Morgan fingerprint density at radius 3 is 2.73 bits per heavy atom. The lowest BCUT2D eigenvalue weighted by molar-refractivity contribution is 0.573. The van der Waals surface area contributed by atoms with Crippen molar-refractivity contribution in [2.24, 2.45) is 11.3 Å². The van der Waals surface area contributed by atoms with E-state index in [0.717, 1.165) is 24.0 Å². The maximum atomic E-state index is 5.77. The molecule has 1 aromatic rings. The SMILES string of the molecule is Cc1cc(NCC2CC2(C)C)nc(Cl)n1. The number of anilines is 1. The molecule has 1 atom stereocenters. The number of nitrogens with zero attached hydrogens (tertiary/aromatic N) is 2. The summed E-state index contributed by atoms with van der Waals surface area (Å²) in [4.78, 5) is 8.14. The molecule has 0 spiro atoms. The van der Waals surface area contributed by atoms with Crippen molar-refractivity contribution in [1.82, 2.24) is 9.97 Å². The summed E-state index contributed by atoms with van der Waals surface area (Å²) in [6.07, 6.45) is 1.29. The summed E-state index contributed by atoms with van der Waals surface area (Å²) >= 11 is 5.77. The number of hydrogen-bond acceptors (Lipinski definition) is 3. The fourth-order valence-electron chi connectivity index (χ4n) is 1.78. The van der Waals surface area contributed by atoms with E-state index < -0.39 is 0 Å². The Labute approximate surface area is 95.3 Å². The van der Waals surface area contributed by atoms with Crippen LogP contribution in [0.3, 0.4) is 0 Å². The summed E-state index contributed by atoms with van der Waals surface area (Å²) in [5.41, 5.74) is 1.39. The predicted octanol–water partition coefficient (Wildman–Crippen LogP) is 2.90. The van der Waals surface area contributed by atoms with Gasteiger partial charge in [0.2, 0.25) is 5.28 Å². The van der Waals surface area contributed by atoms with Crippen LogP contribution in [0.4, 0.5) is 5.82 Å². The minimum absolute atomic E-state index is 0.313. The fourth-order valence-corrected chi connectivity index (χ4v) is 2.00. The van der Waals surface area contributed by atoms with Crippen LogP contribution < -0.4 is 5.32 Å². The number of nitrogens with one attached hydrogen (secondary N) is 1. The van der Waals surface area contributed by atoms with Gasteiger partial charge in [-0.15, -0.1) is 0 Å². The Balaban J connectivity index is 1.94. The van der Waals surface area contributed by atoms with Crippen LogP contribution in [0.15, 0.2) is 6.07 Å². The number of aryl methyl sites for hydroxylation is 1. The second-order valence-electron chi connectivity index (χ2n) is 4.93. The largest absolute Gasteiger partial charge is 0.370 e. The summed E-state index contributed by atoms with van der Waals surface area (Å²) in [7, 11) is 0. The standard InChI is InChI=1S/C11H16ClN3/c1-7-4-9(15-10(12)14-7)13-6-8-5-11(8,2)3/h4,8H,5-6H2,1-3H3,(H,13,14,15). The molecule has 4 heteroatoms. The highest BCUT2D eigenvalue weighted by molar-refractivity contribution is 6.28. The molecule has 1 heterocycles. The first kappa shape index (κ1) is 10.7. The van der Waals surface area contributed by atoms with Crippen molar-refractivity contribution in [3.63, 3.8) is 0 Å². The minimum Gasteiger partial charge on any atom is -0.370 e. The van der Waals surface area contributed by atoms with Crippen molar-refractivity contribution in [2.75, 3.05) is 11.9 Å². The highest BCUT2D eigenvalue weighted by Crippen LogP contribution is 2.51. The van der Waals surface area contributed by atoms with Crippen molar-refractivity contribution in [3.05, 3.63) is 17.0 Å². The predicted molar refractivity (Wildman–Crippen MR) is 62.2 cm³/mol. The van der Waals surface area contributed by atoms with Crippen LogP contribution in [0.25, 0.3) is 0 Å². The topological polar surface area (TPSA) is 37.8 Å². The molecule has 2 rings (SSSR count). The van der Waals surface area contributed by atoms with E-state index >= 15 is 0 Å². The fraction of sp³-hybridized carbons (Fsp3) is 0.636. The van der Waals surface area contributed by atoms with Gasteiger partial charge in [-0.1, -0.05) is 13.8 Å². The lowest BCUT2D eigenvalue weighted by Crippen LogP contribution is -2.09. The average Bonchev–Trinajstić information content (AvgIpc) is 2.69. The van der Waals surface area contributed by atoms with E-state index in [9.17, 15) is 0 Å². The molecule has 1 saturated carbocycles. The van der Waals surface area contributed by atoms with E-state index in [1.165, 1.54) is 6.42 Å². The second kappa shape index (κ2) is 3.63. The summed E-state index contributed by atoms with van der Waals surface area (Å²) < 4.78 is 0. The van der Waals surface area contributed by atoms with Gasteiger partial charge in [-0.2, -0.15) is 0 Å². The van der Waals surface area contributed by atoms with Crippen molar-refractivity contribution in [1.29, 1.82) is 0 Å². The van der Waals surface area contributed by atoms with Crippen LogP contribution in [0, 0.1) is 18.3 Å². The van der Waals surface area contributed by atoms with Crippen LogP contribution >= 0.6 is 11.6 Å². The Morgan fingerprint density at radius 2 is 2.20 bits per heavy atom. The molecule has 82 valence electrons. The number of aromatic nitrogens is 2. The first-order chi connectivity index (χ1) is 6.97. The summed E-state index contributed by atoms with van der Waals surface area (Å²) in [5, 5.41) is 3.62. The minimum atomic E-state index is 0.313. The molecule has 1 N–H and O–H groups in total. The van der Waals surface area contributed by atoms with Gasteiger partial charge in [-0.3, -0.25) is 0 Å². The second-order valence-corrected chi connectivity index (χ2v) is 5.27. The first-order valence-corrected chi connectivity index (χ1v) is 5.60. The van der Waals surface area contributed by atoms with Gasteiger partial charge in [0.15, 0.2) is 0 Å². The number of hydrogen-bond donors (Lipinski definition) is 1. The monoisotopic (exact) mass is 225 g/mol. The molecule has 1 aliphatic carbocycles. The molecule has 0 saturated heterocycles. The smallest absolute Gasteiger partial charge is 0.224 e. The Bertz CT molecular complexity index is 356. The van der Waals surface area contributed by atoms with E-state index in [2.05, 4.69) is 29.1 Å². The molecule has 1 unspecified atom stereocenters. The van der Waals surface area contributed by atoms with Crippen LogP contribution in [0.5, 0.6) is 0 Å². The molecule has 0 aliphatic heterocycles. The van der Waals surface area contributed by atoms with Gasteiger partial charge in [0, 0.05) is 18.3 Å². The van der Waals surface area contributed by atoms with Crippen molar-refractivity contribution in [3.8, 4) is 0 Å². The van der Waals surface area contributed by atoms with Gasteiger partial charge in [0.25, 0.3) is 0 Å². The number of rotatable bonds is 3. The normalized spacial score (nSPS) is 22.5. The van der Waals surface area contributed by atoms with Gasteiger partial charge >= 0.3 is 0 Å². The van der Waals surface area contributed by atoms with Crippen LogP contribution in [0.2, 0.25) is 5.28 Å². The molecule has 0 bridgehead atoms. The Hall–Kier alpha value is -0.830. The Morgan fingerprint density at radius 1 is 1.53 bits per heavy atom. The van der Waals surface area contributed by atoms with Crippen molar-refractivity contribution in [2.45, 2.75) is 27.2 Å².